The zero-order chi connectivity index (χ0) is 16.2. The molecule has 0 radical (unpaired) electrons. The summed E-state index contributed by atoms with van der Waals surface area (Å²) in [5, 5.41) is 0. The molecule has 0 atom stereocenters. The van der Waals surface area contributed by atoms with Crippen molar-refractivity contribution in [3.8, 4) is 0 Å². The highest BCUT2D eigenvalue weighted by atomic mass is 32.2. The molecule has 0 saturated heterocycles. The number of nitrogens with two attached hydrogens (primary N) is 2. The fourth-order valence-electron chi connectivity index (χ4n) is 1.75. The van der Waals surface area contributed by atoms with Gasteiger partial charge in [0.25, 0.3) is 0 Å². The molecule has 2 aromatic rings. The van der Waals surface area contributed by atoms with Gasteiger partial charge in [-0.15, -0.1) is 0 Å². The van der Waals surface area contributed by atoms with Gasteiger partial charge in [-0.05, 0) is 24.1 Å². The normalized spacial score (nSPS) is 11.2. The standard InChI is InChI=1S/C11H16N4O2S.CH3NO/c1-4-8-5-6-10-9(7-8)13-11(12)15(10)18(16,17)14(2)3;2-1-3/h5-7H,4H2,1-3H3,(H2,12,13);1H,(H2,2,3). The number of fused-ring (bicyclic) bond motifs is 1. The van der Waals surface area contributed by atoms with Crippen molar-refractivity contribution in [3.05, 3.63) is 23.8 Å². The lowest BCUT2D eigenvalue weighted by Gasteiger charge is -2.13. The fraction of sp³-hybridized carbons (Fsp3) is 0.333. The van der Waals surface area contributed by atoms with Crippen LogP contribution in [0.15, 0.2) is 18.2 Å². The smallest absolute Gasteiger partial charge is 0.310 e. The number of primary amides is 1. The first kappa shape index (κ1) is 16.9. The molecular weight excluding hydrogens is 294 g/mol. The van der Waals surface area contributed by atoms with Crippen molar-refractivity contribution in [2.24, 2.45) is 5.73 Å². The Kier molecular flexibility index (Phi) is 5.28. The molecule has 1 aromatic heterocycles. The van der Waals surface area contributed by atoms with Crippen molar-refractivity contribution in [2.45, 2.75) is 13.3 Å². The summed E-state index contributed by atoms with van der Waals surface area (Å²) in [6.07, 6.45) is 1.11. The minimum absolute atomic E-state index is 0.0213. The van der Waals surface area contributed by atoms with E-state index < -0.39 is 10.2 Å². The summed E-state index contributed by atoms with van der Waals surface area (Å²) in [5.74, 6) is -0.0213. The summed E-state index contributed by atoms with van der Waals surface area (Å²) in [7, 11) is -0.729. The van der Waals surface area contributed by atoms with Gasteiger partial charge in [-0.2, -0.15) is 16.7 Å². The highest BCUT2D eigenvalue weighted by Crippen LogP contribution is 2.22. The maximum Gasteiger partial charge on any atom is 0.310 e. The van der Waals surface area contributed by atoms with Gasteiger partial charge in [0.05, 0.1) is 11.0 Å². The van der Waals surface area contributed by atoms with Gasteiger partial charge in [0.1, 0.15) is 0 Å². The zero-order valence-corrected chi connectivity index (χ0v) is 13.0. The highest BCUT2D eigenvalue weighted by Gasteiger charge is 2.22. The lowest BCUT2D eigenvalue weighted by atomic mass is 10.1. The van der Waals surface area contributed by atoms with Crippen molar-refractivity contribution in [2.75, 3.05) is 19.8 Å². The maximum atomic E-state index is 12.2. The fourth-order valence-corrected chi connectivity index (χ4v) is 2.75. The van der Waals surface area contributed by atoms with Crippen molar-refractivity contribution in [1.29, 1.82) is 0 Å². The molecule has 4 N–H and O–H groups in total. The molecule has 0 aliphatic heterocycles. The summed E-state index contributed by atoms with van der Waals surface area (Å²) in [6, 6.07) is 5.47. The molecule has 0 spiro atoms. The van der Waals surface area contributed by atoms with E-state index in [4.69, 9.17) is 10.5 Å². The van der Waals surface area contributed by atoms with Crippen molar-refractivity contribution in [1.82, 2.24) is 13.3 Å². The van der Waals surface area contributed by atoms with Gasteiger partial charge in [0.15, 0.2) is 0 Å². The Morgan fingerprint density at radius 2 is 1.95 bits per heavy atom. The molecule has 21 heavy (non-hydrogen) atoms. The van der Waals surface area contributed by atoms with Crippen LogP contribution in [0, 0.1) is 0 Å². The SMILES string of the molecule is CCc1ccc2c(c1)nc(N)n2S(=O)(=O)N(C)C.NC=O. The average Bonchev–Trinajstić information content (AvgIpc) is 2.74. The van der Waals surface area contributed by atoms with Crippen molar-refractivity contribution < 1.29 is 13.2 Å². The second-order valence-electron chi connectivity index (χ2n) is 4.34. The molecule has 8 nitrogen and oxygen atoms in total. The van der Waals surface area contributed by atoms with Crippen LogP contribution >= 0.6 is 0 Å². The first-order valence-electron chi connectivity index (χ1n) is 6.14. The molecule has 0 unspecified atom stereocenters. The number of imidazole rings is 1. The minimum Gasteiger partial charge on any atom is -0.372 e. The number of aryl methyl sites for hydroxylation is 1. The van der Waals surface area contributed by atoms with E-state index in [0.29, 0.717) is 11.0 Å². The van der Waals surface area contributed by atoms with Crippen molar-refractivity contribution >= 4 is 33.6 Å². The molecule has 0 aliphatic carbocycles. The quantitative estimate of drug-likeness (QED) is 0.768. The van der Waals surface area contributed by atoms with Gasteiger partial charge in [0.2, 0.25) is 12.4 Å². The number of rotatable bonds is 3. The van der Waals surface area contributed by atoms with Gasteiger partial charge < -0.3 is 11.5 Å². The number of benzene rings is 1. The van der Waals surface area contributed by atoms with E-state index in [1.165, 1.54) is 14.1 Å². The number of aromatic nitrogens is 2. The Hall–Kier alpha value is -2.13. The molecule has 2 rings (SSSR count). The van der Waals surface area contributed by atoms with E-state index in [1.54, 1.807) is 6.07 Å². The molecule has 0 bridgehead atoms. The van der Waals surface area contributed by atoms with Crippen LogP contribution in [0.3, 0.4) is 0 Å². The molecule has 0 fully saturated rings. The Balaban J connectivity index is 0.000000677. The van der Waals surface area contributed by atoms with E-state index in [0.717, 1.165) is 20.3 Å². The second-order valence-corrected chi connectivity index (χ2v) is 6.33. The molecule has 1 aromatic carbocycles. The van der Waals surface area contributed by atoms with E-state index in [-0.39, 0.29) is 12.4 Å². The average molecular weight is 313 g/mol. The first-order chi connectivity index (χ1) is 9.79. The largest absolute Gasteiger partial charge is 0.372 e. The predicted octanol–water partition coefficient (Wildman–Crippen LogP) is -0.0631. The van der Waals surface area contributed by atoms with E-state index in [2.05, 4.69) is 10.7 Å². The number of nitrogens with zero attached hydrogens (tertiary/aromatic N) is 3. The van der Waals surface area contributed by atoms with Crippen LogP contribution in [0.1, 0.15) is 12.5 Å². The predicted molar refractivity (Wildman–Crippen MR) is 81.8 cm³/mol. The number of amides is 1. The van der Waals surface area contributed by atoms with Crippen LogP contribution < -0.4 is 11.5 Å². The molecule has 116 valence electrons. The Morgan fingerprint density at radius 3 is 2.43 bits per heavy atom. The summed E-state index contributed by atoms with van der Waals surface area (Å²) in [6.45, 7) is 2.03. The second kappa shape index (κ2) is 6.55. The van der Waals surface area contributed by atoms with Gasteiger partial charge in [-0.1, -0.05) is 13.0 Å². The summed E-state index contributed by atoms with van der Waals surface area (Å²) < 4.78 is 26.5. The van der Waals surface area contributed by atoms with Crippen molar-refractivity contribution in [3.63, 3.8) is 0 Å². The number of carbonyl (C=O) groups is 1. The summed E-state index contributed by atoms with van der Waals surface area (Å²) in [4.78, 5) is 12.7. The summed E-state index contributed by atoms with van der Waals surface area (Å²) in [5.41, 5.74) is 12.1. The maximum absolute atomic E-state index is 12.2. The highest BCUT2D eigenvalue weighted by molar-refractivity contribution is 7.87. The molecule has 1 heterocycles. The number of nitrogen functional groups attached to an aromatic ring is 1. The lowest BCUT2D eigenvalue weighted by molar-refractivity contribution is -0.106. The topological polar surface area (TPSA) is 124 Å². The van der Waals surface area contributed by atoms with Crippen LogP contribution in [-0.2, 0) is 21.4 Å². The van der Waals surface area contributed by atoms with E-state index in [1.807, 2.05) is 19.1 Å². The van der Waals surface area contributed by atoms with E-state index >= 15 is 0 Å². The molecule has 0 aliphatic rings. The Morgan fingerprint density at radius 1 is 1.38 bits per heavy atom. The summed E-state index contributed by atoms with van der Waals surface area (Å²) >= 11 is 0. The van der Waals surface area contributed by atoms with Gasteiger partial charge in [-0.3, -0.25) is 4.79 Å². The third-order valence-corrected chi connectivity index (χ3v) is 4.57. The van der Waals surface area contributed by atoms with Crippen LogP contribution in [0.5, 0.6) is 0 Å². The molecule has 9 heteroatoms. The van der Waals surface area contributed by atoms with Gasteiger partial charge in [0, 0.05) is 14.1 Å². The van der Waals surface area contributed by atoms with Crippen LogP contribution in [-0.4, -0.2) is 42.2 Å². The molecular formula is C12H19N5O3S. The van der Waals surface area contributed by atoms with Crippen LogP contribution in [0.2, 0.25) is 0 Å². The number of anilines is 1. The minimum atomic E-state index is -3.65. The Bertz CT molecular complexity index is 737. The lowest BCUT2D eigenvalue weighted by Crippen LogP contribution is -2.29. The molecule has 1 amide bonds. The first-order valence-corrected chi connectivity index (χ1v) is 7.54. The van der Waals surface area contributed by atoms with Crippen LogP contribution in [0.4, 0.5) is 5.95 Å². The molecule has 0 saturated carbocycles. The third kappa shape index (κ3) is 3.31. The van der Waals surface area contributed by atoms with E-state index in [9.17, 15) is 8.42 Å². The zero-order valence-electron chi connectivity index (χ0n) is 12.1. The number of hydrogen-bond acceptors (Lipinski definition) is 5. The van der Waals surface area contributed by atoms with Gasteiger partial charge >= 0.3 is 10.2 Å². The number of carbonyl (C=O) groups excluding carboxylic acids is 1. The monoisotopic (exact) mass is 313 g/mol. The number of hydrogen-bond donors (Lipinski definition) is 2. The van der Waals surface area contributed by atoms with Crippen LogP contribution in [0.25, 0.3) is 11.0 Å². The Labute approximate surface area is 123 Å². The third-order valence-electron chi connectivity index (χ3n) is 2.80. The van der Waals surface area contributed by atoms with Gasteiger partial charge in [-0.25, -0.2) is 4.98 Å².